The van der Waals surface area contributed by atoms with Crippen LogP contribution in [0.1, 0.15) is 13.8 Å². The first-order chi connectivity index (χ1) is 13.6. The van der Waals surface area contributed by atoms with E-state index in [0.29, 0.717) is 5.57 Å². The van der Waals surface area contributed by atoms with Crippen molar-refractivity contribution >= 4 is 22.7 Å². The third-order valence-electron chi connectivity index (χ3n) is 4.05. The summed E-state index contributed by atoms with van der Waals surface area (Å²) in [6.45, 7) is 10.6. The van der Waals surface area contributed by atoms with E-state index in [1.807, 2.05) is 24.3 Å². The zero-order valence-electron chi connectivity index (χ0n) is 16.4. The van der Waals surface area contributed by atoms with Gasteiger partial charge in [0.2, 0.25) is 0 Å². The third kappa shape index (κ3) is 5.85. The molecule has 0 atom stereocenters. The Balaban J connectivity index is 0.000000327. The molecule has 0 unspecified atom stereocenters. The minimum absolute atomic E-state index is 0. The smallest absolute Gasteiger partial charge is 0.0344 e. The molecule has 0 saturated heterocycles. The van der Waals surface area contributed by atoms with E-state index in [-0.39, 0.29) is 26.8 Å². The molecule has 0 amide bonds. The van der Waals surface area contributed by atoms with E-state index in [1.54, 1.807) is 13.8 Å². The molecule has 3 nitrogen and oxygen atoms in total. The molecule has 4 rings (SSSR count). The summed E-state index contributed by atoms with van der Waals surface area (Å²) in [7, 11) is 0. The first-order valence-corrected chi connectivity index (χ1v) is 9.07. The van der Waals surface area contributed by atoms with E-state index >= 15 is 0 Å². The Morgan fingerprint density at radius 1 is 0.897 bits per heavy atom. The largest absolute Gasteiger partial charge is 0.531 e. The van der Waals surface area contributed by atoms with Gasteiger partial charge in [-0.25, -0.2) is 5.57 Å². The van der Waals surface area contributed by atoms with Crippen molar-refractivity contribution < 1.29 is 26.2 Å². The third-order valence-corrected chi connectivity index (χ3v) is 4.05. The summed E-state index contributed by atoms with van der Waals surface area (Å²) in [5.41, 5.74) is 5.18. The second kappa shape index (κ2) is 10.7. The molecular weight excluding hydrogens is 539 g/mol. The molecule has 152 valence electrons. The molecule has 4 heteroatoms. The molecule has 3 aromatic carbocycles. The van der Waals surface area contributed by atoms with Crippen molar-refractivity contribution in [2.75, 3.05) is 9.80 Å². The van der Waals surface area contributed by atoms with Crippen molar-refractivity contribution in [2.45, 2.75) is 13.8 Å². The molecule has 0 bridgehead atoms. The Morgan fingerprint density at radius 3 is 2.00 bits per heavy atom. The first kappa shape index (κ1) is 22.5. The summed E-state index contributed by atoms with van der Waals surface area (Å²) >= 11 is 0. The zero-order chi connectivity index (χ0) is 19.9. The predicted octanol–water partition coefficient (Wildman–Crippen LogP) is 6.72. The van der Waals surface area contributed by atoms with Crippen LogP contribution in [0.3, 0.4) is 0 Å². The van der Waals surface area contributed by atoms with Gasteiger partial charge in [-0.15, -0.1) is 12.4 Å². The number of aliphatic hydroxyl groups excluding tert-OH is 1. The monoisotopic (exact) mass is 562 g/mol. The second-order valence-electron chi connectivity index (χ2n) is 6.46. The van der Waals surface area contributed by atoms with E-state index in [9.17, 15) is 0 Å². The van der Waals surface area contributed by atoms with E-state index in [1.165, 1.54) is 17.5 Å². The van der Waals surface area contributed by atoms with Crippen molar-refractivity contribution in [2.24, 2.45) is 0 Å². The molecule has 0 saturated carbocycles. The molecule has 0 aliphatic carbocycles. The van der Waals surface area contributed by atoms with Gasteiger partial charge in [-0.05, 0) is 31.2 Å². The van der Waals surface area contributed by atoms with E-state index in [0.717, 1.165) is 11.4 Å². The Morgan fingerprint density at radius 2 is 1.48 bits per heavy atom. The maximum absolute atomic E-state index is 8.48. The number of anilines is 4. The van der Waals surface area contributed by atoms with Crippen molar-refractivity contribution in [3.05, 3.63) is 116 Å². The van der Waals surface area contributed by atoms with Crippen molar-refractivity contribution in [1.82, 2.24) is 0 Å². The summed E-state index contributed by atoms with van der Waals surface area (Å²) in [4.78, 5) is 4.37. The van der Waals surface area contributed by atoms with Crippen LogP contribution in [0.25, 0.3) is 0 Å². The summed E-state index contributed by atoms with van der Waals surface area (Å²) in [6.07, 6.45) is 1.50. The standard InChI is InChI=1S/C19H14N2.C6H9O.Pt/c1-3-9-16(10-4-1)20-15-21(17-11-5-2-6-12-17)19-14-8-7-13-18(19)20;1-5(2)4-6(3)7;/h1-11,13-15H;1,4,7H,2-3H3;/q-2;-1;/b;6-4-;. The fourth-order valence-corrected chi connectivity index (χ4v) is 2.96. The Kier molecular flexibility index (Phi) is 8.30. The van der Waals surface area contributed by atoms with Crippen LogP contribution >= 0.6 is 0 Å². The van der Waals surface area contributed by atoms with Gasteiger partial charge in [0.25, 0.3) is 0 Å². The Labute approximate surface area is 187 Å². The van der Waals surface area contributed by atoms with Gasteiger partial charge in [0.05, 0.1) is 0 Å². The van der Waals surface area contributed by atoms with Gasteiger partial charge < -0.3 is 14.9 Å². The maximum atomic E-state index is 8.48. The van der Waals surface area contributed by atoms with Crippen LogP contribution < -0.4 is 9.80 Å². The fourth-order valence-electron chi connectivity index (χ4n) is 2.96. The van der Waals surface area contributed by atoms with Crippen LogP contribution in [0.4, 0.5) is 22.7 Å². The van der Waals surface area contributed by atoms with Crippen LogP contribution in [-0.2, 0) is 21.1 Å². The molecule has 1 N–H and O–H groups in total. The molecule has 3 aromatic rings. The predicted molar refractivity (Wildman–Crippen MR) is 117 cm³/mol. The summed E-state index contributed by atoms with van der Waals surface area (Å²) < 4.78 is 0. The molecule has 1 aliphatic rings. The molecule has 0 aromatic heterocycles. The maximum Gasteiger partial charge on any atom is 0.0344 e. The number of benzene rings is 3. The molecule has 0 fully saturated rings. The van der Waals surface area contributed by atoms with Crippen molar-refractivity contribution in [3.8, 4) is 0 Å². The molecule has 1 heterocycles. The first-order valence-electron chi connectivity index (χ1n) is 9.07. The summed E-state index contributed by atoms with van der Waals surface area (Å²) in [5.74, 6) is 0.250. The van der Waals surface area contributed by atoms with E-state index < -0.39 is 0 Å². The van der Waals surface area contributed by atoms with Gasteiger partial charge in [0.1, 0.15) is 0 Å². The molecule has 0 spiro atoms. The summed E-state index contributed by atoms with van der Waals surface area (Å²) in [5, 5.41) is 8.48. The van der Waals surface area contributed by atoms with Gasteiger partial charge in [0, 0.05) is 43.9 Å². The van der Waals surface area contributed by atoms with E-state index in [2.05, 4.69) is 77.1 Å². The van der Waals surface area contributed by atoms with Crippen molar-refractivity contribution in [3.63, 3.8) is 0 Å². The number of allylic oxidation sites excluding steroid dienone is 3. The van der Waals surface area contributed by atoms with Crippen LogP contribution in [0.15, 0.2) is 96.3 Å². The molecule has 1 aliphatic heterocycles. The number of fused-ring (bicyclic) bond motifs is 1. The molecule has 29 heavy (non-hydrogen) atoms. The number of hydrogen-bond acceptors (Lipinski definition) is 3. The second-order valence-corrected chi connectivity index (χ2v) is 6.46. The average molecular weight is 563 g/mol. The van der Waals surface area contributed by atoms with Crippen molar-refractivity contribution in [1.29, 1.82) is 0 Å². The van der Waals surface area contributed by atoms with Crippen LogP contribution in [0, 0.1) is 19.3 Å². The minimum atomic E-state index is 0. The minimum Gasteiger partial charge on any atom is -0.531 e. The Hall–Kier alpha value is -2.77. The van der Waals surface area contributed by atoms with Crippen LogP contribution in [0.5, 0.6) is 0 Å². The zero-order valence-corrected chi connectivity index (χ0v) is 18.7. The number of rotatable bonds is 3. The van der Waals surface area contributed by atoms with E-state index in [4.69, 9.17) is 11.7 Å². The summed E-state index contributed by atoms with van der Waals surface area (Å²) in [6, 6.07) is 30.1. The number of nitrogens with zero attached hydrogens (tertiary/aromatic N) is 2. The topological polar surface area (TPSA) is 26.7 Å². The van der Waals surface area contributed by atoms with Gasteiger partial charge in [-0.3, -0.25) is 6.58 Å². The molecule has 0 radical (unpaired) electrons. The molecular formula is C25H23N2OPt-3. The van der Waals surface area contributed by atoms with Gasteiger partial charge in [-0.1, -0.05) is 37.3 Å². The Bertz CT molecular complexity index is 886. The van der Waals surface area contributed by atoms with Gasteiger partial charge in [0.15, 0.2) is 0 Å². The SMILES string of the molecule is [CH-]=C(C)/C=C(/C)O.[Pt].[c-]1ccccc1N1[CH-]N(c2ccccc2)c2ccccc21. The van der Waals surface area contributed by atoms with Crippen LogP contribution in [0.2, 0.25) is 0 Å². The van der Waals surface area contributed by atoms with Crippen LogP contribution in [-0.4, -0.2) is 5.11 Å². The van der Waals surface area contributed by atoms with Gasteiger partial charge >= 0.3 is 0 Å². The number of hydrogen-bond donors (Lipinski definition) is 1. The number of aliphatic hydroxyl groups is 1. The average Bonchev–Trinajstić information content (AvgIpc) is 3.09. The fraction of sp³-hybridized carbons (Fsp3) is 0.0800. The normalized spacial score (nSPS) is 12.4. The van der Waals surface area contributed by atoms with Gasteiger partial charge in [-0.2, -0.15) is 36.4 Å². The quantitative estimate of drug-likeness (QED) is 0.218. The number of para-hydroxylation sites is 4.